The summed E-state index contributed by atoms with van der Waals surface area (Å²) in [5.74, 6) is 2.08. The highest BCUT2D eigenvalue weighted by Gasteiger charge is 2.31. The van der Waals surface area contributed by atoms with E-state index in [4.69, 9.17) is 0 Å². The molecule has 1 nitrogen and oxygen atoms in total. The molecule has 0 aromatic heterocycles. The molecule has 0 bridgehead atoms. The van der Waals surface area contributed by atoms with Crippen molar-refractivity contribution in [2.24, 2.45) is 17.8 Å². The summed E-state index contributed by atoms with van der Waals surface area (Å²) in [6.07, 6.45) is 15.2. The van der Waals surface area contributed by atoms with Crippen molar-refractivity contribution >= 4 is 0 Å². The molecule has 3 unspecified atom stereocenters. The number of rotatable bonds is 6. The third-order valence-electron chi connectivity index (χ3n) is 5.42. The Kier molecular flexibility index (Phi) is 5.94. The molecule has 0 aromatic carbocycles. The van der Waals surface area contributed by atoms with Gasteiger partial charge in [0.2, 0.25) is 0 Å². The van der Waals surface area contributed by atoms with E-state index < -0.39 is 0 Å². The maximum Gasteiger partial charge on any atom is 0.0574 e. The number of aliphatic hydroxyl groups excluding tert-OH is 1. The van der Waals surface area contributed by atoms with E-state index in [0.717, 1.165) is 18.8 Å². The molecular formula is C18H32O. The molecule has 3 atom stereocenters. The number of hydrogen-bond acceptors (Lipinski definition) is 1. The Labute approximate surface area is 119 Å². The number of hydrogen-bond donors (Lipinski definition) is 1. The van der Waals surface area contributed by atoms with Gasteiger partial charge in [0, 0.05) is 0 Å². The number of allylic oxidation sites excluding steroid dienone is 2. The average molecular weight is 264 g/mol. The third-order valence-corrected chi connectivity index (χ3v) is 5.42. The standard InChI is InChI=1S/C18H32O/c1-3-4-5-10-18(19)17-12-11-16(13-14(17)2)15-8-6-7-9-15/h11,14-15,17-19H,3-10,12-13H2,1-2H3. The summed E-state index contributed by atoms with van der Waals surface area (Å²) < 4.78 is 0. The van der Waals surface area contributed by atoms with Crippen LogP contribution < -0.4 is 0 Å². The lowest BCUT2D eigenvalue weighted by Gasteiger charge is -2.34. The minimum Gasteiger partial charge on any atom is -0.393 e. The lowest BCUT2D eigenvalue weighted by atomic mass is 9.73. The maximum absolute atomic E-state index is 10.4. The molecule has 1 N–H and O–H groups in total. The van der Waals surface area contributed by atoms with E-state index in [9.17, 15) is 5.11 Å². The zero-order valence-corrected chi connectivity index (χ0v) is 12.9. The average Bonchev–Trinajstić information content (AvgIpc) is 2.92. The molecule has 0 amide bonds. The monoisotopic (exact) mass is 264 g/mol. The molecule has 1 heteroatoms. The van der Waals surface area contributed by atoms with Crippen LogP contribution in [0.3, 0.4) is 0 Å². The van der Waals surface area contributed by atoms with Crippen molar-refractivity contribution < 1.29 is 5.11 Å². The van der Waals surface area contributed by atoms with E-state index in [0.29, 0.717) is 11.8 Å². The van der Waals surface area contributed by atoms with Crippen LogP contribution in [-0.4, -0.2) is 11.2 Å². The summed E-state index contributed by atoms with van der Waals surface area (Å²) in [7, 11) is 0. The first-order valence-corrected chi connectivity index (χ1v) is 8.59. The molecule has 19 heavy (non-hydrogen) atoms. The minimum atomic E-state index is -0.0667. The molecule has 0 saturated heterocycles. The van der Waals surface area contributed by atoms with Gasteiger partial charge in [-0.25, -0.2) is 0 Å². The van der Waals surface area contributed by atoms with E-state index in [1.807, 2.05) is 0 Å². The number of unbranched alkanes of at least 4 members (excludes halogenated alkanes) is 2. The van der Waals surface area contributed by atoms with E-state index in [-0.39, 0.29) is 6.10 Å². The van der Waals surface area contributed by atoms with Gasteiger partial charge in [-0.2, -0.15) is 0 Å². The molecule has 2 aliphatic rings. The van der Waals surface area contributed by atoms with Gasteiger partial charge in [-0.05, 0) is 49.9 Å². The summed E-state index contributed by atoms with van der Waals surface area (Å²) in [6.45, 7) is 4.59. The van der Waals surface area contributed by atoms with Crippen LogP contribution in [0.25, 0.3) is 0 Å². The van der Waals surface area contributed by atoms with Crippen LogP contribution in [0.5, 0.6) is 0 Å². The molecule has 110 valence electrons. The highest BCUT2D eigenvalue weighted by Crippen LogP contribution is 2.40. The Morgan fingerprint density at radius 3 is 2.63 bits per heavy atom. The van der Waals surface area contributed by atoms with Crippen LogP contribution in [-0.2, 0) is 0 Å². The topological polar surface area (TPSA) is 20.2 Å². The zero-order valence-electron chi connectivity index (χ0n) is 12.9. The van der Waals surface area contributed by atoms with Crippen molar-refractivity contribution in [1.82, 2.24) is 0 Å². The molecule has 0 heterocycles. The fourth-order valence-electron chi connectivity index (χ4n) is 4.11. The molecular weight excluding hydrogens is 232 g/mol. The van der Waals surface area contributed by atoms with Gasteiger partial charge in [0.1, 0.15) is 0 Å². The lowest BCUT2D eigenvalue weighted by Crippen LogP contribution is -2.29. The van der Waals surface area contributed by atoms with E-state index in [1.165, 1.54) is 51.4 Å². The van der Waals surface area contributed by atoms with Crippen molar-refractivity contribution in [3.8, 4) is 0 Å². The number of aliphatic hydroxyl groups is 1. The molecule has 0 spiro atoms. The fourth-order valence-corrected chi connectivity index (χ4v) is 4.11. The highest BCUT2D eigenvalue weighted by molar-refractivity contribution is 5.13. The van der Waals surface area contributed by atoms with Gasteiger partial charge in [-0.1, -0.05) is 57.6 Å². The highest BCUT2D eigenvalue weighted by atomic mass is 16.3. The van der Waals surface area contributed by atoms with Crippen LogP contribution in [0, 0.1) is 17.8 Å². The van der Waals surface area contributed by atoms with E-state index in [2.05, 4.69) is 19.9 Å². The maximum atomic E-state index is 10.4. The Hall–Kier alpha value is -0.300. The predicted molar refractivity (Wildman–Crippen MR) is 82.1 cm³/mol. The second-order valence-electron chi connectivity index (χ2n) is 6.90. The summed E-state index contributed by atoms with van der Waals surface area (Å²) >= 11 is 0. The largest absolute Gasteiger partial charge is 0.393 e. The fraction of sp³-hybridized carbons (Fsp3) is 0.889. The van der Waals surface area contributed by atoms with Gasteiger partial charge < -0.3 is 5.11 Å². The first-order chi connectivity index (χ1) is 9.22. The minimum absolute atomic E-state index is 0.0667. The van der Waals surface area contributed by atoms with Crippen molar-refractivity contribution in [3.63, 3.8) is 0 Å². The molecule has 2 aliphatic carbocycles. The van der Waals surface area contributed by atoms with Gasteiger partial charge in [-0.3, -0.25) is 0 Å². The Morgan fingerprint density at radius 1 is 1.26 bits per heavy atom. The van der Waals surface area contributed by atoms with Crippen LogP contribution in [0.15, 0.2) is 11.6 Å². The Balaban J connectivity index is 1.84. The summed E-state index contributed by atoms with van der Waals surface area (Å²) in [5, 5.41) is 10.4. The predicted octanol–water partition coefficient (Wildman–Crippen LogP) is 5.09. The summed E-state index contributed by atoms with van der Waals surface area (Å²) in [5.41, 5.74) is 1.72. The molecule has 2 rings (SSSR count). The molecule has 1 saturated carbocycles. The van der Waals surface area contributed by atoms with Gasteiger partial charge in [0.05, 0.1) is 6.10 Å². The van der Waals surface area contributed by atoms with Crippen molar-refractivity contribution in [3.05, 3.63) is 11.6 Å². The van der Waals surface area contributed by atoms with Gasteiger partial charge in [0.25, 0.3) is 0 Å². The molecule has 0 radical (unpaired) electrons. The molecule has 0 aromatic rings. The second-order valence-corrected chi connectivity index (χ2v) is 6.90. The van der Waals surface area contributed by atoms with Gasteiger partial charge in [0.15, 0.2) is 0 Å². The Bertz CT molecular complexity index is 288. The third kappa shape index (κ3) is 4.08. The van der Waals surface area contributed by atoms with Gasteiger partial charge >= 0.3 is 0 Å². The van der Waals surface area contributed by atoms with Crippen LogP contribution in [0.4, 0.5) is 0 Å². The quantitative estimate of drug-likeness (QED) is 0.523. The van der Waals surface area contributed by atoms with Crippen LogP contribution in [0.2, 0.25) is 0 Å². The summed E-state index contributed by atoms with van der Waals surface area (Å²) in [6, 6.07) is 0. The van der Waals surface area contributed by atoms with Gasteiger partial charge in [-0.15, -0.1) is 0 Å². The normalized spacial score (nSPS) is 30.4. The molecule has 0 aliphatic heterocycles. The first kappa shape index (κ1) is 15.1. The van der Waals surface area contributed by atoms with Crippen LogP contribution >= 0.6 is 0 Å². The summed E-state index contributed by atoms with van der Waals surface area (Å²) in [4.78, 5) is 0. The van der Waals surface area contributed by atoms with Crippen molar-refractivity contribution in [2.45, 2.75) is 84.2 Å². The Morgan fingerprint density at radius 2 is 2.00 bits per heavy atom. The van der Waals surface area contributed by atoms with Crippen LogP contribution in [0.1, 0.15) is 78.1 Å². The zero-order chi connectivity index (χ0) is 13.7. The van der Waals surface area contributed by atoms with Crippen molar-refractivity contribution in [1.29, 1.82) is 0 Å². The van der Waals surface area contributed by atoms with E-state index >= 15 is 0 Å². The second kappa shape index (κ2) is 7.47. The van der Waals surface area contributed by atoms with E-state index in [1.54, 1.807) is 5.57 Å². The molecule has 1 fully saturated rings. The smallest absolute Gasteiger partial charge is 0.0574 e. The van der Waals surface area contributed by atoms with Crippen molar-refractivity contribution in [2.75, 3.05) is 0 Å². The lowest BCUT2D eigenvalue weighted by molar-refractivity contribution is 0.0636. The SMILES string of the molecule is CCCCCC(O)C1CC=C(C2CCCC2)CC1C. The first-order valence-electron chi connectivity index (χ1n) is 8.59.